The molecular weight excluding hydrogens is 220 g/mol. The maximum Gasteiger partial charge on any atom is 0.338 e. The van der Waals surface area contributed by atoms with Crippen LogP contribution < -0.4 is 0 Å². The van der Waals surface area contributed by atoms with Crippen LogP contribution in [0.15, 0.2) is 23.1 Å². The van der Waals surface area contributed by atoms with Gasteiger partial charge in [0.15, 0.2) is 0 Å². The second-order valence-corrected chi connectivity index (χ2v) is 5.30. The molecule has 0 fully saturated rings. The third-order valence-electron chi connectivity index (χ3n) is 2.62. The fourth-order valence-electron chi connectivity index (χ4n) is 1.75. The number of thioether (sulfide) groups is 1. The summed E-state index contributed by atoms with van der Waals surface area (Å²) < 4.78 is 4.77. The lowest BCUT2D eigenvalue weighted by atomic mass is 10.0. The molecule has 1 aliphatic heterocycles. The van der Waals surface area contributed by atoms with Crippen LogP contribution in [0.2, 0.25) is 0 Å². The maximum atomic E-state index is 11.6. The van der Waals surface area contributed by atoms with Crippen LogP contribution in [0.25, 0.3) is 6.08 Å². The quantitative estimate of drug-likeness (QED) is 0.697. The van der Waals surface area contributed by atoms with Crippen molar-refractivity contribution >= 4 is 23.8 Å². The molecule has 1 heterocycles. The van der Waals surface area contributed by atoms with Crippen LogP contribution in [0.4, 0.5) is 0 Å². The summed E-state index contributed by atoms with van der Waals surface area (Å²) in [6.45, 7) is 4.07. The van der Waals surface area contributed by atoms with Crippen molar-refractivity contribution < 1.29 is 9.53 Å². The topological polar surface area (TPSA) is 26.3 Å². The maximum absolute atomic E-state index is 11.6. The number of aryl methyl sites for hydroxylation is 1. The van der Waals surface area contributed by atoms with E-state index >= 15 is 0 Å². The van der Waals surface area contributed by atoms with Crippen LogP contribution in [0.5, 0.6) is 0 Å². The molecule has 0 aliphatic carbocycles. The lowest BCUT2D eigenvalue weighted by Crippen LogP contribution is -2.06. The third kappa shape index (κ3) is 2.00. The summed E-state index contributed by atoms with van der Waals surface area (Å²) in [6.07, 6.45) is 4.29. The van der Waals surface area contributed by atoms with Gasteiger partial charge < -0.3 is 4.74 Å². The first-order chi connectivity index (χ1) is 7.61. The molecule has 1 atom stereocenters. The first-order valence-electron chi connectivity index (χ1n) is 5.19. The Labute approximate surface area is 99.7 Å². The number of methoxy groups -OCH3 is 1. The van der Waals surface area contributed by atoms with Crippen molar-refractivity contribution in [1.29, 1.82) is 0 Å². The summed E-state index contributed by atoms with van der Waals surface area (Å²) in [5, 5.41) is 0.459. The van der Waals surface area contributed by atoms with E-state index in [0.29, 0.717) is 10.8 Å². The molecule has 1 aliphatic rings. The molecule has 0 amide bonds. The minimum Gasteiger partial charge on any atom is -0.465 e. The van der Waals surface area contributed by atoms with E-state index in [1.54, 1.807) is 11.8 Å². The SMILES string of the molecule is COC(=O)c1cc2c(cc1C)C=CC(C)S2. The standard InChI is InChI=1S/C13H14O2S/c1-8-6-10-5-4-9(2)16-12(10)7-11(8)13(14)15-3/h4-7,9H,1-3H3. The van der Waals surface area contributed by atoms with Crippen LogP contribution in [0.1, 0.15) is 28.4 Å². The lowest BCUT2D eigenvalue weighted by molar-refractivity contribution is 0.0599. The van der Waals surface area contributed by atoms with Gasteiger partial charge in [-0.25, -0.2) is 4.79 Å². The first kappa shape index (κ1) is 11.3. The van der Waals surface area contributed by atoms with Crippen molar-refractivity contribution in [2.75, 3.05) is 7.11 Å². The van der Waals surface area contributed by atoms with Crippen molar-refractivity contribution in [3.63, 3.8) is 0 Å². The largest absolute Gasteiger partial charge is 0.465 e. The smallest absolute Gasteiger partial charge is 0.338 e. The molecule has 0 saturated heterocycles. The Kier molecular flexibility index (Phi) is 3.06. The molecule has 0 spiro atoms. The predicted molar refractivity (Wildman–Crippen MR) is 66.9 cm³/mol. The van der Waals surface area contributed by atoms with E-state index in [4.69, 9.17) is 4.74 Å². The number of esters is 1. The molecule has 16 heavy (non-hydrogen) atoms. The molecule has 0 saturated carbocycles. The minimum absolute atomic E-state index is 0.261. The summed E-state index contributed by atoms with van der Waals surface area (Å²) >= 11 is 1.77. The van der Waals surface area contributed by atoms with Gasteiger partial charge in [0.2, 0.25) is 0 Å². The van der Waals surface area contributed by atoms with Gasteiger partial charge in [-0.15, -0.1) is 11.8 Å². The number of hydrogen-bond donors (Lipinski definition) is 0. The molecule has 84 valence electrons. The summed E-state index contributed by atoms with van der Waals surface area (Å²) in [7, 11) is 1.41. The second kappa shape index (κ2) is 4.34. The Bertz CT molecular complexity index is 463. The van der Waals surface area contributed by atoms with Crippen LogP contribution >= 0.6 is 11.8 Å². The van der Waals surface area contributed by atoms with Gasteiger partial charge in [-0.3, -0.25) is 0 Å². The first-order valence-corrected chi connectivity index (χ1v) is 6.07. The van der Waals surface area contributed by atoms with Crippen molar-refractivity contribution in [2.24, 2.45) is 0 Å². The number of hydrogen-bond acceptors (Lipinski definition) is 3. The number of fused-ring (bicyclic) bond motifs is 1. The van der Waals surface area contributed by atoms with Crippen LogP contribution in [-0.2, 0) is 4.74 Å². The molecule has 0 aromatic heterocycles. The highest BCUT2D eigenvalue weighted by Gasteiger charge is 2.16. The van der Waals surface area contributed by atoms with E-state index in [1.807, 2.05) is 19.1 Å². The van der Waals surface area contributed by atoms with E-state index in [-0.39, 0.29) is 5.97 Å². The van der Waals surface area contributed by atoms with Gasteiger partial charge in [-0.05, 0) is 31.0 Å². The van der Waals surface area contributed by atoms with Crippen molar-refractivity contribution in [3.8, 4) is 0 Å². The van der Waals surface area contributed by atoms with E-state index in [0.717, 1.165) is 10.5 Å². The van der Waals surface area contributed by atoms with Crippen LogP contribution in [-0.4, -0.2) is 18.3 Å². The minimum atomic E-state index is -0.261. The van der Waals surface area contributed by atoms with E-state index in [2.05, 4.69) is 19.1 Å². The molecule has 1 aromatic rings. The summed E-state index contributed by atoms with van der Waals surface area (Å²) in [5.41, 5.74) is 2.81. The molecule has 0 bridgehead atoms. The summed E-state index contributed by atoms with van der Waals surface area (Å²) in [5.74, 6) is -0.261. The summed E-state index contributed by atoms with van der Waals surface area (Å²) in [4.78, 5) is 12.7. The monoisotopic (exact) mass is 234 g/mol. The molecule has 0 radical (unpaired) electrons. The summed E-state index contributed by atoms with van der Waals surface area (Å²) in [6, 6.07) is 3.97. The molecule has 1 unspecified atom stereocenters. The predicted octanol–water partition coefficient (Wildman–Crippen LogP) is 3.29. The number of carbonyl (C=O) groups is 1. The normalized spacial score (nSPS) is 18.1. The molecule has 0 N–H and O–H groups in total. The Balaban J connectivity index is 2.48. The fourth-order valence-corrected chi connectivity index (χ4v) is 2.76. The van der Waals surface area contributed by atoms with E-state index < -0.39 is 0 Å². The Morgan fingerprint density at radius 3 is 2.88 bits per heavy atom. The zero-order valence-corrected chi connectivity index (χ0v) is 10.4. The molecule has 2 rings (SSSR count). The van der Waals surface area contributed by atoms with Crippen molar-refractivity contribution in [3.05, 3.63) is 34.9 Å². The van der Waals surface area contributed by atoms with E-state index in [1.165, 1.54) is 12.7 Å². The van der Waals surface area contributed by atoms with Gasteiger partial charge in [-0.1, -0.05) is 18.2 Å². The Morgan fingerprint density at radius 2 is 2.19 bits per heavy atom. The van der Waals surface area contributed by atoms with Gasteiger partial charge in [-0.2, -0.15) is 0 Å². The molecular formula is C13H14O2S. The molecule has 2 nitrogen and oxygen atoms in total. The highest BCUT2D eigenvalue weighted by molar-refractivity contribution is 8.00. The number of ether oxygens (including phenoxy) is 1. The van der Waals surface area contributed by atoms with Gasteiger partial charge in [0, 0.05) is 10.1 Å². The lowest BCUT2D eigenvalue weighted by Gasteiger charge is -2.17. The average molecular weight is 234 g/mol. The van der Waals surface area contributed by atoms with E-state index in [9.17, 15) is 4.79 Å². The van der Waals surface area contributed by atoms with Gasteiger partial charge in [0.05, 0.1) is 12.7 Å². The number of benzene rings is 1. The van der Waals surface area contributed by atoms with Gasteiger partial charge in [0.25, 0.3) is 0 Å². The van der Waals surface area contributed by atoms with Gasteiger partial charge >= 0.3 is 5.97 Å². The fraction of sp³-hybridized carbons (Fsp3) is 0.308. The third-order valence-corrected chi connectivity index (χ3v) is 3.76. The number of rotatable bonds is 1. The van der Waals surface area contributed by atoms with Crippen molar-refractivity contribution in [2.45, 2.75) is 24.0 Å². The van der Waals surface area contributed by atoms with Gasteiger partial charge in [0.1, 0.15) is 0 Å². The van der Waals surface area contributed by atoms with Crippen LogP contribution in [0.3, 0.4) is 0 Å². The Morgan fingerprint density at radius 1 is 1.44 bits per heavy atom. The number of carbonyl (C=O) groups excluding carboxylic acids is 1. The zero-order valence-electron chi connectivity index (χ0n) is 9.61. The average Bonchev–Trinajstić information content (AvgIpc) is 2.28. The zero-order chi connectivity index (χ0) is 11.7. The van der Waals surface area contributed by atoms with Crippen LogP contribution in [0, 0.1) is 6.92 Å². The Hall–Kier alpha value is -1.22. The highest BCUT2D eigenvalue weighted by atomic mass is 32.2. The van der Waals surface area contributed by atoms with Crippen molar-refractivity contribution in [1.82, 2.24) is 0 Å². The highest BCUT2D eigenvalue weighted by Crippen LogP contribution is 2.34. The second-order valence-electron chi connectivity index (χ2n) is 3.88. The molecule has 3 heteroatoms. The molecule has 1 aromatic carbocycles.